The lowest BCUT2D eigenvalue weighted by molar-refractivity contribution is -0.384. The van der Waals surface area contributed by atoms with E-state index in [1.807, 2.05) is 0 Å². The summed E-state index contributed by atoms with van der Waals surface area (Å²) in [6.07, 6.45) is 0. The van der Waals surface area contributed by atoms with Crippen LogP contribution in [0.5, 0.6) is 0 Å². The van der Waals surface area contributed by atoms with Crippen molar-refractivity contribution in [2.45, 2.75) is 6.54 Å². The van der Waals surface area contributed by atoms with E-state index in [4.69, 9.17) is 28.3 Å². The molecule has 0 atom stereocenters. The zero-order valence-corrected chi connectivity index (χ0v) is 12.6. The second-order valence-electron chi connectivity index (χ2n) is 4.36. The molecular formula is C14H10Cl2N2O4. The number of nitrogens with zero attached hydrogens (tertiary/aromatic N) is 1. The molecule has 6 nitrogen and oxygen atoms in total. The Labute approximate surface area is 135 Å². The van der Waals surface area contributed by atoms with Gasteiger partial charge in [-0.2, -0.15) is 0 Å². The van der Waals surface area contributed by atoms with Crippen molar-refractivity contribution in [1.82, 2.24) is 0 Å². The van der Waals surface area contributed by atoms with Crippen LogP contribution in [0.15, 0.2) is 36.4 Å². The van der Waals surface area contributed by atoms with Crippen molar-refractivity contribution < 1.29 is 14.8 Å². The summed E-state index contributed by atoms with van der Waals surface area (Å²) in [5, 5.41) is 23.5. The minimum atomic E-state index is -1.26. The summed E-state index contributed by atoms with van der Waals surface area (Å²) >= 11 is 12.0. The van der Waals surface area contributed by atoms with Gasteiger partial charge in [-0.1, -0.05) is 35.3 Å². The first-order chi connectivity index (χ1) is 10.4. The molecule has 0 saturated heterocycles. The van der Waals surface area contributed by atoms with Crippen LogP contribution >= 0.6 is 23.2 Å². The molecule has 0 aliphatic carbocycles. The topological polar surface area (TPSA) is 92.5 Å². The van der Waals surface area contributed by atoms with Gasteiger partial charge in [-0.15, -0.1) is 0 Å². The standard InChI is InChI=1S/C14H10Cl2N2O4/c15-11-3-1-2-8(13(11)16)7-17-12-5-4-9(18(21)22)6-10(12)14(19)20/h1-6,17H,7H2,(H,19,20). The monoisotopic (exact) mass is 340 g/mol. The van der Waals surface area contributed by atoms with Gasteiger partial charge in [-0.05, 0) is 17.7 Å². The Morgan fingerprint density at radius 1 is 1.27 bits per heavy atom. The normalized spacial score (nSPS) is 10.3. The zero-order valence-electron chi connectivity index (χ0n) is 11.0. The lowest BCUT2D eigenvalue weighted by Gasteiger charge is -2.11. The first kappa shape index (κ1) is 16.1. The van der Waals surface area contributed by atoms with Crippen LogP contribution in [0.3, 0.4) is 0 Å². The number of carboxylic acid groups (broad SMARTS) is 1. The number of hydrogen-bond donors (Lipinski definition) is 2. The fraction of sp³-hybridized carbons (Fsp3) is 0.0714. The zero-order chi connectivity index (χ0) is 16.3. The van der Waals surface area contributed by atoms with E-state index in [2.05, 4.69) is 5.32 Å². The van der Waals surface area contributed by atoms with Crippen molar-refractivity contribution in [3.05, 3.63) is 67.7 Å². The number of carbonyl (C=O) groups is 1. The average Bonchev–Trinajstić information content (AvgIpc) is 2.48. The molecule has 8 heteroatoms. The summed E-state index contributed by atoms with van der Waals surface area (Å²) in [6, 6.07) is 8.69. The molecule has 0 saturated carbocycles. The predicted molar refractivity (Wildman–Crippen MR) is 83.8 cm³/mol. The van der Waals surface area contributed by atoms with Crippen LogP contribution in [-0.2, 0) is 6.54 Å². The Balaban J connectivity index is 2.27. The molecule has 0 heterocycles. The maximum atomic E-state index is 11.2. The van der Waals surface area contributed by atoms with Crippen LogP contribution in [0.25, 0.3) is 0 Å². The van der Waals surface area contributed by atoms with Gasteiger partial charge in [0.2, 0.25) is 0 Å². The maximum Gasteiger partial charge on any atom is 0.338 e. The van der Waals surface area contributed by atoms with Gasteiger partial charge in [0.15, 0.2) is 0 Å². The molecule has 0 radical (unpaired) electrons. The first-order valence-corrected chi connectivity index (χ1v) is 6.84. The second kappa shape index (κ2) is 6.64. The van der Waals surface area contributed by atoms with Crippen LogP contribution in [0.1, 0.15) is 15.9 Å². The van der Waals surface area contributed by atoms with E-state index < -0.39 is 10.9 Å². The minimum absolute atomic E-state index is 0.188. The Kier molecular flexibility index (Phi) is 4.85. The number of hydrogen-bond acceptors (Lipinski definition) is 4. The molecule has 2 aromatic carbocycles. The van der Waals surface area contributed by atoms with Crippen molar-refractivity contribution in [3.8, 4) is 0 Å². The molecule has 114 valence electrons. The quantitative estimate of drug-likeness (QED) is 0.628. The predicted octanol–water partition coefficient (Wildman–Crippen LogP) is 4.21. The third-order valence-corrected chi connectivity index (χ3v) is 3.80. The van der Waals surface area contributed by atoms with Gasteiger partial charge in [0.05, 0.1) is 20.5 Å². The number of benzene rings is 2. The van der Waals surface area contributed by atoms with Crippen molar-refractivity contribution in [2.75, 3.05) is 5.32 Å². The Bertz CT molecular complexity index is 750. The van der Waals surface area contributed by atoms with E-state index in [0.29, 0.717) is 15.6 Å². The number of aromatic carboxylic acids is 1. The van der Waals surface area contributed by atoms with Gasteiger partial charge in [0.25, 0.3) is 5.69 Å². The summed E-state index contributed by atoms with van der Waals surface area (Å²) in [4.78, 5) is 21.3. The number of nitro benzene ring substituents is 1. The Hall–Kier alpha value is -2.31. The molecule has 2 N–H and O–H groups in total. The highest BCUT2D eigenvalue weighted by atomic mass is 35.5. The van der Waals surface area contributed by atoms with E-state index >= 15 is 0 Å². The molecule has 22 heavy (non-hydrogen) atoms. The van der Waals surface area contributed by atoms with Gasteiger partial charge < -0.3 is 10.4 Å². The minimum Gasteiger partial charge on any atom is -0.478 e. The summed E-state index contributed by atoms with van der Waals surface area (Å²) in [6.45, 7) is 0.234. The summed E-state index contributed by atoms with van der Waals surface area (Å²) in [7, 11) is 0. The molecule has 0 unspecified atom stereocenters. The number of non-ortho nitro benzene ring substituents is 1. The van der Waals surface area contributed by atoms with E-state index in [1.54, 1.807) is 18.2 Å². The second-order valence-corrected chi connectivity index (χ2v) is 5.14. The fourth-order valence-electron chi connectivity index (χ4n) is 1.85. The van der Waals surface area contributed by atoms with Crippen molar-refractivity contribution in [3.63, 3.8) is 0 Å². The molecule has 2 rings (SSSR count). The number of anilines is 1. The largest absolute Gasteiger partial charge is 0.478 e. The van der Waals surface area contributed by atoms with Gasteiger partial charge in [-0.25, -0.2) is 4.79 Å². The smallest absolute Gasteiger partial charge is 0.338 e. The van der Waals surface area contributed by atoms with Gasteiger partial charge >= 0.3 is 5.97 Å². The van der Waals surface area contributed by atoms with Crippen LogP contribution in [0, 0.1) is 10.1 Å². The molecule has 2 aromatic rings. The molecular weight excluding hydrogens is 331 g/mol. The third-order valence-electron chi connectivity index (χ3n) is 2.95. The van der Waals surface area contributed by atoms with Crippen LogP contribution < -0.4 is 5.32 Å². The highest BCUT2D eigenvalue weighted by Crippen LogP contribution is 2.27. The Morgan fingerprint density at radius 3 is 2.64 bits per heavy atom. The molecule has 0 amide bonds. The molecule has 0 fully saturated rings. The van der Waals surface area contributed by atoms with E-state index in [1.165, 1.54) is 12.1 Å². The number of nitrogens with one attached hydrogen (secondary N) is 1. The Morgan fingerprint density at radius 2 is 2.00 bits per heavy atom. The number of carboxylic acids is 1. The summed E-state index contributed by atoms with van der Waals surface area (Å²) in [5.41, 5.74) is 0.467. The fourth-order valence-corrected chi connectivity index (χ4v) is 2.24. The van der Waals surface area contributed by atoms with Crippen molar-refractivity contribution in [2.24, 2.45) is 0 Å². The molecule has 0 spiro atoms. The SMILES string of the molecule is O=C(O)c1cc([N+](=O)[O-])ccc1NCc1cccc(Cl)c1Cl. The number of rotatable bonds is 5. The molecule has 0 aromatic heterocycles. The lowest BCUT2D eigenvalue weighted by atomic mass is 10.1. The van der Waals surface area contributed by atoms with Gasteiger partial charge in [-0.3, -0.25) is 10.1 Å². The third kappa shape index (κ3) is 3.47. The van der Waals surface area contributed by atoms with Crippen molar-refractivity contribution in [1.29, 1.82) is 0 Å². The number of nitro groups is 1. The van der Waals surface area contributed by atoms with Crippen LogP contribution in [-0.4, -0.2) is 16.0 Å². The lowest BCUT2D eigenvalue weighted by Crippen LogP contribution is -2.07. The molecule has 0 aliphatic heterocycles. The highest BCUT2D eigenvalue weighted by molar-refractivity contribution is 6.42. The highest BCUT2D eigenvalue weighted by Gasteiger charge is 2.16. The van der Waals surface area contributed by atoms with Crippen molar-refractivity contribution >= 4 is 40.5 Å². The number of halogens is 2. The van der Waals surface area contributed by atoms with Crippen LogP contribution in [0.4, 0.5) is 11.4 Å². The van der Waals surface area contributed by atoms with E-state index in [9.17, 15) is 14.9 Å². The first-order valence-electron chi connectivity index (χ1n) is 6.08. The van der Waals surface area contributed by atoms with E-state index in [-0.39, 0.29) is 23.5 Å². The molecule has 0 bridgehead atoms. The molecule has 0 aliphatic rings. The maximum absolute atomic E-state index is 11.2. The van der Waals surface area contributed by atoms with Gasteiger partial charge in [0, 0.05) is 24.4 Å². The van der Waals surface area contributed by atoms with Crippen LogP contribution in [0.2, 0.25) is 10.0 Å². The van der Waals surface area contributed by atoms with Gasteiger partial charge in [0.1, 0.15) is 0 Å². The summed E-state index contributed by atoms with van der Waals surface area (Å²) in [5.74, 6) is -1.26. The summed E-state index contributed by atoms with van der Waals surface area (Å²) < 4.78 is 0. The average molecular weight is 341 g/mol. The van der Waals surface area contributed by atoms with E-state index in [0.717, 1.165) is 6.07 Å².